The van der Waals surface area contributed by atoms with Crippen LogP contribution in [0.15, 0.2) is 12.1 Å². The van der Waals surface area contributed by atoms with Crippen LogP contribution in [0.3, 0.4) is 0 Å². The summed E-state index contributed by atoms with van der Waals surface area (Å²) in [4.78, 5) is 0. The van der Waals surface area contributed by atoms with Gasteiger partial charge in [0.1, 0.15) is 5.82 Å². The van der Waals surface area contributed by atoms with Gasteiger partial charge >= 0.3 is 0 Å². The number of rotatable bonds is 4. The molecule has 0 aromatic carbocycles. The third-order valence-electron chi connectivity index (χ3n) is 3.61. The average molecular weight is 264 g/mol. The van der Waals surface area contributed by atoms with Gasteiger partial charge in [-0.15, -0.1) is 14.8 Å². The maximum Gasteiger partial charge on any atom is 0.200 e. The Morgan fingerprint density at radius 1 is 1.39 bits per heavy atom. The Balaban J connectivity index is 1.72. The number of aromatic nitrogens is 5. The van der Waals surface area contributed by atoms with Crippen LogP contribution in [-0.2, 0) is 0 Å². The second-order valence-electron chi connectivity index (χ2n) is 4.69. The minimum Gasteiger partial charge on any atom is -0.367 e. The van der Waals surface area contributed by atoms with Crippen LogP contribution in [0.2, 0.25) is 0 Å². The van der Waals surface area contributed by atoms with Crippen LogP contribution in [0, 0.1) is 0 Å². The van der Waals surface area contributed by atoms with E-state index in [0.717, 1.165) is 12.4 Å². The third kappa shape index (κ3) is 2.14. The van der Waals surface area contributed by atoms with Crippen molar-refractivity contribution in [3.8, 4) is 0 Å². The number of nitrogens with zero attached hydrogens (tertiary/aromatic N) is 5. The van der Waals surface area contributed by atoms with Crippen molar-refractivity contribution in [1.29, 1.82) is 0 Å². The average Bonchev–Trinajstić information content (AvgIpc) is 3.05. The van der Waals surface area contributed by atoms with E-state index in [1.807, 2.05) is 23.9 Å². The molecule has 0 amide bonds. The molecule has 3 rings (SSSR count). The highest BCUT2D eigenvalue weighted by atomic mass is 32.2. The van der Waals surface area contributed by atoms with E-state index in [2.05, 4.69) is 32.2 Å². The van der Waals surface area contributed by atoms with Crippen molar-refractivity contribution in [3.63, 3.8) is 0 Å². The molecule has 1 N–H and O–H groups in total. The van der Waals surface area contributed by atoms with Crippen molar-refractivity contribution >= 4 is 23.2 Å². The topological polar surface area (TPSA) is 68.0 Å². The van der Waals surface area contributed by atoms with Gasteiger partial charge in [-0.2, -0.15) is 11.8 Å². The summed E-state index contributed by atoms with van der Waals surface area (Å²) in [5.74, 6) is 0.829. The molecule has 2 aromatic heterocycles. The van der Waals surface area contributed by atoms with E-state index in [1.165, 1.54) is 30.3 Å². The number of nitrogens with one attached hydrogen (secondary N) is 1. The van der Waals surface area contributed by atoms with E-state index >= 15 is 0 Å². The summed E-state index contributed by atoms with van der Waals surface area (Å²) in [7, 11) is 0. The van der Waals surface area contributed by atoms with Crippen molar-refractivity contribution < 1.29 is 0 Å². The summed E-state index contributed by atoms with van der Waals surface area (Å²) in [6, 6.07) is 3.80. The first kappa shape index (κ1) is 11.7. The molecule has 0 atom stereocenters. The van der Waals surface area contributed by atoms with Crippen molar-refractivity contribution in [2.24, 2.45) is 0 Å². The number of anilines is 1. The molecule has 6 nitrogen and oxygen atoms in total. The lowest BCUT2D eigenvalue weighted by molar-refractivity contribution is 0.635. The zero-order chi connectivity index (χ0) is 12.4. The molecule has 2 aromatic rings. The molecule has 1 aliphatic carbocycles. The highest BCUT2D eigenvalue weighted by Gasteiger charge is 2.32. The molecule has 1 aliphatic rings. The molecule has 18 heavy (non-hydrogen) atoms. The number of fused-ring (bicyclic) bond motifs is 1. The molecule has 2 heterocycles. The molecular weight excluding hydrogens is 248 g/mol. The summed E-state index contributed by atoms with van der Waals surface area (Å²) < 4.78 is 1.82. The largest absolute Gasteiger partial charge is 0.367 e. The normalized spacial score (nSPS) is 18.3. The Morgan fingerprint density at radius 3 is 3.00 bits per heavy atom. The maximum atomic E-state index is 4.32. The molecule has 0 bridgehead atoms. The fourth-order valence-electron chi connectivity index (χ4n) is 2.47. The lowest BCUT2D eigenvalue weighted by atomic mass is 10.1. The molecular formula is C11H16N6S. The van der Waals surface area contributed by atoms with Gasteiger partial charge in [0, 0.05) is 11.3 Å². The summed E-state index contributed by atoms with van der Waals surface area (Å²) in [5, 5.41) is 18.9. The number of tetrazole rings is 1. The van der Waals surface area contributed by atoms with E-state index < -0.39 is 0 Å². The van der Waals surface area contributed by atoms with E-state index in [1.54, 1.807) is 0 Å². The van der Waals surface area contributed by atoms with Crippen LogP contribution >= 0.6 is 11.8 Å². The number of thioether (sulfide) groups is 1. The summed E-state index contributed by atoms with van der Waals surface area (Å²) in [5.41, 5.74) is 0.668. The Labute approximate surface area is 110 Å². The predicted molar refractivity (Wildman–Crippen MR) is 71.8 cm³/mol. The van der Waals surface area contributed by atoms with Gasteiger partial charge in [-0.05, 0) is 41.7 Å². The Bertz CT molecular complexity index is 533. The van der Waals surface area contributed by atoms with Crippen molar-refractivity contribution in [1.82, 2.24) is 25.3 Å². The van der Waals surface area contributed by atoms with Gasteiger partial charge in [-0.1, -0.05) is 12.8 Å². The van der Waals surface area contributed by atoms with Gasteiger partial charge in [0.15, 0.2) is 5.65 Å². The van der Waals surface area contributed by atoms with Gasteiger partial charge in [-0.3, -0.25) is 0 Å². The van der Waals surface area contributed by atoms with Gasteiger partial charge in [0.2, 0.25) is 0 Å². The quantitative estimate of drug-likeness (QED) is 0.905. The highest BCUT2D eigenvalue weighted by molar-refractivity contribution is 8.00. The first-order chi connectivity index (χ1) is 8.81. The van der Waals surface area contributed by atoms with Crippen LogP contribution in [0.5, 0.6) is 0 Å². The first-order valence-electron chi connectivity index (χ1n) is 6.16. The Morgan fingerprint density at radius 2 is 2.22 bits per heavy atom. The van der Waals surface area contributed by atoms with E-state index in [9.17, 15) is 0 Å². The molecule has 1 saturated carbocycles. The van der Waals surface area contributed by atoms with Crippen molar-refractivity contribution in [3.05, 3.63) is 12.1 Å². The maximum absolute atomic E-state index is 4.32. The van der Waals surface area contributed by atoms with Crippen LogP contribution in [0.1, 0.15) is 25.7 Å². The molecule has 0 radical (unpaired) electrons. The number of hydrogen-bond acceptors (Lipinski definition) is 6. The molecule has 96 valence electrons. The van der Waals surface area contributed by atoms with E-state index in [0.29, 0.717) is 10.4 Å². The molecule has 0 unspecified atom stereocenters. The SMILES string of the molecule is CSC1(CNc2ccc3nnnn3n2)CCCC1. The number of hydrogen-bond donors (Lipinski definition) is 1. The molecule has 1 fully saturated rings. The summed E-state index contributed by atoms with van der Waals surface area (Å²) in [6.45, 7) is 0.953. The van der Waals surface area contributed by atoms with Crippen molar-refractivity contribution in [2.75, 3.05) is 18.1 Å². The second-order valence-corrected chi connectivity index (χ2v) is 5.97. The molecule has 0 spiro atoms. The van der Waals surface area contributed by atoms with Crippen LogP contribution in [0.4, 0.5) is 5.82 Å². The fourth-order valence-corrected chi connectivity index (χ4v) is 3.38. The van der Waals surface area contributed by atoms with Gasteiger partial charge in [0.25, 0.3) is 0 Å². The van der Waals surface area contributed by atoms with E-state index in [-0.39, 0.29) is 0 Å². The lowest BCUT2D eigenvalue weighted by Crippen LogP contribution is -2.30. The first-order valence-corrected chi connectivity index (χ1v) is 7.38. The molecule has 7 heteroatoms. The van der Waals surface area contributed by atoms with Gasteiger partial charge < -0.3 is 5.32 Å². The zero-order valence-corrected chi connectivity index (χ0v) is 11.2. The third-order valence-corrected chi connectivity index (χ3v) is 5.03. The minimum absolute atomic E-state index is 0.372. The monoisotopic (exact) mass is 264 g/mol. The molecule has 0 aliphatic heterocycles. The smallest absolute Gasteiger partial charge is 0.200 e. The molecule has 0 saturated heterocycles. The van der Waals surface area contributed by atoms with Crippen LogP contribution in [-0.4, -0.2) is 42.8 Å². The fraction of sp³-hybridized carbons (Fsp3) is 0.636. The summed E-state index contributed by atoms with van der Waals surface area (Å²) in [6.07, 6.45) is 7.44. The van der Waals surface area contributed by atoms with Crippen molar-refractivity contribution in [2.45, 2.75) is 30.4 Å². The van der Waals surface area contributed by atoms with Crippen LogP contribution < -0.4 is 5.32 Å². The van der Waals surface area contributed by atoms with Crippen LogP contribution in [0.25, 0.3) is 5.65 Å². The lowest BCUT2D eigenvalue weighted by Gasteiger charge is -2.27. The standard InChI is InChI=1S/C11H16N6S/c1-18-11(6-2-3-7-11)8-12-9-4-5-10-13-15-16-17(10)14-9/h4-5H,2-3,6-8H2,1H3,(H,12,14). The van der Waals surface area contributed by atoms with E-state index in [4.69, 9.17) is 0 Å². The minimum atomic E-state index is 0.372. The Kier molecular flexibility index (Phi) is 3.07. The zero-order valence-electron chi connectivity index (χ0n) is 10.3. The predicted octanol–water partition coefficient (Wildman–Crippen LogP) is 1.61. The van der Waals surface area contributed by atoms with Gasteiger partial charge in [0.05, 0.1) is 0 Å². The highest BCUT2D eigenvalue weighted by Crippen LogP contribution is 2.40. The summed E-state index contributed by atoms with van der Waals surface area (Å²) >= 11 is 1.97. The Hall–Kier alpha value is -1.37. The second kappa shape index (κ2) is 4.72. The van der Waals surface area contributed by atoms with Gasteiger partial charge in [-0.25, -0.2) is 0 Å².